The van der Waals surface area contributed by atoms with Crippen LogP contribution >= 0.6 is 0 Å². The molecule has 0 bridgehead atoms. The quantitative estimate of drug-likeness (QED) is 0.908. The average Bonchev–Trinajstić information content (AvgIpc) is 2.54. The van der Waals surface area contributed by atoms with Crippen LogP contribution in [0.1, 0.15) is 48.8 Å². The van der Waals surface area contributed by atoms with Crippen molar-refractivity contribution in [1.29, 1.82) is 0 Å². The standard InChI is InChI=1S/C21H28N2/c1-15(2)17-7-9-18(10-8-17)19-12-20(22)14-23(13-19)21-6-4-5-16(3)11-21/h4-11,15,19-20H,12-14,22H2,1-3H3. The molecule has 1 aliphatic rings. The SMILES string of the molecule is Cc1cccc(N2CC(N)CC(c3ccc(C(C)C)cc3)C2)c1. The molecular weight excluding hydrogens is 280 g/mol. The number of piperidine rings is 1. The lowest BCUT2D eigenvalue weighted by molar-refractivity contribution is 0.454. The van der Waals surface area contributed by atoms with Crippen LogP contribution in [0.5, 0.6) is 0 Å². The van der Waals surface area contributed by atoms with Gasteiger partial charge in [0.05, 0.1) is 0 Å². The van der Waals surface area contributed by atoms with Gasteiger partial charge in [-0.1, -0.05) is 50.2 Å². The van der Waals surface area contributed by atoms with E-state index in [0.29, 0.717) is 11.8 Å². The second-order valence-electron chi connectivity index (χ2n) is 7.26. The fourth-order valence-electron chi connectivity index (χ4n) is 3.57. The maximum Gasteiger partial charge on any atom is 0.0369 e. The van der Waals surface area contributed by atoms with E-state index in [1.165, 1.54) is 22.4 Å². The molecule has 1 heterocycles. The largest absolute Gasteiger partial charge is 0.369 e. The minimum atomic E-state index is 0.235. The Labute approximate surface area is 140 Å². The van der Waals surface area contributed by atoms with E-state index in [-0.39, 0.29) is 6.04 Å². The highest BCUT2D eigenvalue weighted by Crippen LogP contribution is 2.30. The number of aryl methyl sites for hydroxylation is 1. The molecule has 3 rings (SSSR count). The number of nitrogens with two attached hydrogens (primary N) is 1. The minimum Gasteiger partial charge on any atom is -0.369 e. The molecule has 2 nitrogen and oxygen atoms in total. The molecule has 2 aromatic rings. The number of hydrogen-bond acceptors (Lipinski definition) is 2. The maximum absolute atomic E-state index is 6.36. The molecule has 0 spiro atoms. The average molecular weight is 308 g/mol. The summed E-state index contributed by atoms with van der Waals surface area (Å²) in [6.07, 6.45) is 1.07. The van der Waals surface area contributed by atoms with Crippen LogP contribution in [0.25, 0.3) is 0 Å². The number of hydrogen-bond donors (Lipinski definition) is 1. The molecule has 0 saturated carbocycles. The van der Waals surface area contributed by atoms with Gasteiger partial charge < -0.3 is 10.6 Å². The van der Waals surface area contributed by atoms with E-state index >= 15 is 0 Å². The highest BCUT2D eigenvalue weighted by atomic mass is 15.2. The highest BCUT2D eigenvalue weighted by Gasteiger charge is 2.26. The van der Waals surface area contributed by atoms with Gasteiger partial charge in [-0.15, -0.1) is 0 Å². The molecule has 2 N–H and O–H groups in total. The molecule has 0 radical (unpaired) electrons. The zero-order valence-corrected chi connectivity index (χ0v) is 14.5. The molecule has 23 heavy (non-hydrogen) atoms. The Hall–Kier alpha value is -1.80. The molecule has 2 heteroatoms. The Bertz CT molecular complexity index is 645. The first-order valence-electron chi connectivity index (χ1n) is 8.70. The molecule has 1 saturated heterocycles. The number of benzene rings is 2. The lowest BCUT2D eigenvalue weighted by atomic mass is 9.87. The normalized spacial score (nSPS) is 21.7. The summed E-state index contributed by atoms with van der Waals surface area (Å²) in [7, 11) is 0. The molecule has 0 aliphatic carbocycles. The number of nitrogens with zero attached hydrogens (tertiary/aromatic N) is 1. The van der Waals surface area contributed by atoms with Gasteiger partial charge in [-0.2, -0.15) is 0 Å². The van der Waals surface area contributed by atoms with Gasteiger partial charge in [-0.25, -0.2) is 0 Å². The summed E-state index contributed by atoms with van der Waals surface area (Å²) in [6.45, 7) is 8.63. The van der Waals surface area contributed by atoms with E-state index in [1.807, 2.05) is 0 Å². The van der Waals surface area contributed by atoms with Crippen LogP contribution in [0, 0.1) is 6.92 Å². The first kappa shape index (κ1) is 16.1. The van der Waals surface area contributed by atoms with Crippen LogP contribution in [-0.2, 0) is 0 Å². The van der Waals surface area contributed by atoms with E-state index in [2.05, 4.69) is 74.2 Å². The Morgan fingerprint density at radius 2 is 1.78 bits per heavy atom. The van der Waals surface area contributed by atoms with E-state index < -0.39 is 0 Å². The molecule has 2 atom stereocenters. The summed E-state index contributed by atoms with van der Waals surface area (Å²) in [6, 6.07) is 18.1. The molecule has 122 valence electrons. The summed E-state index contributed by atoms with van der Waals surface area (Å²) < 4.78 is 0. The van der Waals surface area contributed by atoms with Crippen molar-refractivity contribution in [3.63, 3.8) is 0 Å². The van der Waals surface area contributed by atoms with Gasteiger partial charge >= 0.3 is 0 Å². The second kappa shape index (κ2) is 6.76. The van der Waals surface area contributed by atoms with Crippen molar-refractivity contribution in [2.24, 2.45) is 5.73 Å². The molecule has 0 amide bonds. The summed E-state index contributed by atoms with van der Waals surface area (Å²) in [5, 5.41) is 0. The zero-order chi connectivity index (χ0) is 16.4. The smallest absolute Gasteiger partial charge is 0.0369 e. The molecule has 2 aromatic carbocycles. The fourth-order valence-corrected chi connectivity index (χ4v) is 3.57. The van der Waals surface area contributed by atoms with Crippen molar-refractivity contribution in [3.8, 4) is 0 Å². The van der Waals surface area contributed by atoms with Crippen LogP contribution in [0.3, 0.4) is 0 Å². The topological polar surface area (TPSA) is 29.3 Å². The molecule has 1 fully saturated rings. The molecular formula is C21H28N2. The van der Waals surface area contributed by atoms with Gasteiger partial charge in [-0.05, 0) is 48.1 Å². The Kier molecular flexibility index (Phi) is 4.72. The van der Waals surface area contributed by atoms with Crippen LogP contribution in [0.15, 0.2) is 48.5 Å². The van der Waals surface area contributed by atoms with Crippen LogP contribution < -0.4 is 10.6 Å². The lowest BCUT2D eigenvalue weighted by Crippen LogP contribution is -2.46. The summed E-state index contributed by atoms with van der Waals surface area (Å²) >= 11 is 0. The van der Waals surface area contributed by atoms with Crippen LogP contribution in [0.4, 0.5) is 5.69 Å². The van der Waals surface area contributed by atoms with Crippen molar-refractivity contribution < 1.29 is 0 Å². The van der Waals surface area contributed by atoms with E-state index in [9.17, 15) is 0 Å². The van der Waals surface area contributed by atoms with Gasteiger partial charge in [0, 0.05) is 30.7 Å². The molecule has 1 aliphatic heterocycles. The predicted octanol–water partition coefficient (Wildman–Crippen LogP) is 4.44. The first-order chi connectivity index (χ1) is 11.0. The minimum absolute atomic E-state index is 0.235. The summed E-state index contributed by atoms with van der Waals surface area (Å²) in [4.78, 5) is 2.45. The van der Waals surface area contributed by atoms with Crippen LogP contribution in [0.2, 0.25) is 0 Å². The van der Waals surface area contributed by atoms with Gasteiger partial charge in [-0.3, -0.25) is 0 Å². The molecule has 0 aromatic heterocycles. The first-order valence-corrected chi connectivity index (χ1v) is 8.70. The third kappa shape index (κ3) is 3.76. The lowest BCUT2D eigenvalue weighted by Gasteiger charge is -2.38. The molecule has 2 unspecified atom stereocenters. The number of rotatable bonds is 3. The van der Waals surface area contributed by atoms with Gasteiger partial charge in [0.25, 0.3) is 0 Å². The Morgan fingerprint density at radius 3 is 2.43 bits per heavy atom. The van der Waals surface area contributed by atoms with Crippen molar-refractivity contribution in [1.82, 2.24) is 0 Å². The fraction of sp³-hybridized carbons (Fsp3) is 0.429. The van der Waals surface area contributed by atoms with Gasteiger partial charge in [0.15, 0.2) is 0 Å². The van der Waals surface area contributed by atoms with E-state index in [1.54, 1.807) is 0 Å². The second-order valence-corrected chi connectivity index (χ2v) is 7.26. The number of anilines is 1. The van der Waals surface area contributed by atoms with Gasteiger partial charge in [0.1, 0.15) is 0 Å². The monoisotopic (exact) mass is 308 g/mol. The predicted molar refractivity (Wildman–Crippen MR) is 99.3 cm³/mol. The van der Waals surface area contributed by atoms with Crippen LogP contribution in [-0.4, -0.2) is 19.1 Å². The van der Waals surface area contributed by atoms with Gasteiger partial charge in [0.2, 0.25) is 0 Å². The maximum atomic E-state index is 6.36. The van der Waals surface area contributed by atoms with Crippen molar-refractivity contribution in [2.75, 3.05) is 18.0 Å². The highest BCUT2D eigenvalue weighted by molar-refractivity contribution is 5.50. The Morgan fingerprint density at radius 1 is 1.04 bits per heavy atom. The zero-order valence-electron chi connectivity index (χ0n) is 14.5. The van der Waals surface area contributed by atoms with E-state index in [4.69, 9.17) is 5.73 Å². The third-order valence-corrected chi connectivity index (χ3v) is 4.92. The van der Waals surface area contributed by atoms with Crippen molar-refractivity contribution in [2.45, 2.75) is 45.1 Å². The van der Waals surface area contributed by atoms with E-state index in [0.717, 1.165) is 19.5 Å². The Balaban J connectivity index is 1.80. The van der Waals surface area contributed by atoms with Crippen molar-refractivity contribution >= 4 is 5.69 Å². The summed E-state index contributed by atoms with van der Waals surface area (Å²) in [5.41, 5.74) is 11.8. The third-order valence-electron chi connectivity index (χ3n) is 4.92. The van der Waals surface area contributed by atoms with Crippen molar-refractivity contribution in [3.05, 3.63) is 65.2 Å². The summed E-state index contributed by atoms with van der Waals surface area (Å²) in [5.74, 6) is 1.10.